The second kappa shape index (κ2) is 10.5. The number of para-hydroxylation sites is 2. The molecule has 3 rings (SSSR count). The van der Waals surface area contributed by atoms with Crippen LogP contribution in [0, 0.1) is 0 Å². The molecule has 0 bridgehead atoms. The third-order valence-corrected chi connectivity index (χ3v) is 3.92. The summed E-state index contributed by atoms with van der Waals surface area (Å²) in [4.78, 5) is 11.9. The fourth-order valence-corrected chi connectivity index (χ4v) is 2.56. The smallest absolute Gasteiger partial charge is 0.240 e. The van der Waals surface area contributed by atoms with Crippen molar-refractivity contribution in [3.63, 3.8) is 0 Å². The zero-order valence-corrected chi connectivity index (χ0v) is 15.5. The van der Waals surface area contributed by atoms with Crippen LogP contribution in [0.15, 0.2) is 90.0 Å². The van der Waals surface area contributed by atoms with Crippen LogP contribution in [0.3, 0.4) is 0 Å². The molecule has 0 heterocycles. The molecule has 0 aromatic heterocycles. The molecule has 0 unspecified atom stereocenters. The van der Waals surface area contributed by atoms with Crippen LogP contribution >= 0.6 is 0 Å². The van der Waals surface area contributed by atoms with Gasteiger partial charge < -0.3 is 10.1 Å². The predicted molar refractivity (Wildman–Crippen MR) is 113 cm³/mol. The minimum Gasteiger partial charge on any atom is -0.457 e. The van der Waals surface area contributed by atoms with E-state index in [0.29, 0.717) is 12.2 Å². The largest absolute Gasteiger partial charge is 0.457 e. The number of hydrogen-bond donors (Lipinski definition) is 2. The molecule has 28 heavy (non-hydrogen) atoms. The molecule has 3 aromatic carbocycles. The summed E-state index contributed by atoms with van der Waals surface area (Å²) in [7, 11) is 0. The topological polar surface area (TPSA) is 62.7 Å². The van der Waals surface area contributed by atoms with Gasteiger partial charge in [-0.1, -0.05) is 48.5 Å². The second-order valence-electron chi connectivity index (χ2n) is 6.18. The number of amides is 1. The zero-order chi connectivity index (χ0) is 19.4. The van der Waals surface area contributed by atoms with Crippen molar-refractivity contribution in [3.8, 4) is 11.5 Å². The Hall–Kier alpha value is -3.60. The van der Waals surface area contributed by atoms with Gasteiger partial charge in [-0.15, -0.1) is 0 Å². The molecule has 0 saturated heterocycles. The number of nitrogens with zero attached hydrogens (tertiary/aromatic N) is 1. The first-order valence-electron chi connectivity index (χ1n) is 9.23. The number of carbonyl (C=O) groups is 1. The number of rotatable bonds is 9. The maximum atomic E-state index is 11.9. The molecular weight excluding hydrogens is 350 g/mol. The Labute approximate surface area is 165 Å². The highest BCUT2D eigenvalue weighted by Crippen LogP contribution is 2.21. The predicted octanol–water partition coefficient (Wildman–Crippen LogP) is 4.82. The molecule has 3 aromatic rings. The summed E-state index contributed by atoms with van der Waals surface area (Å²) in [5.41, 5.74) is 4.46. The van der Waals surface area contributed by atoms with Crippen molar-refractivity contribution >= 4 is 17.8 Å². The normalized spacial score (nSPS) is 10.6. The van der Waals surface area contributed by atoms with E-state index < -0.39 is 0 Å². The van der Waals surface area contributed by atoms with E-state index in [1.807, 2.05) is 84.9 Å². The van der Waals surface area contributed by atoms with Crippen molar-refractivity contribution in [1.82, 2.24) is 5.43 Å². The number of benzene rings is 3. The van der Waals surface area contributed by atoms with Gasteiger partial charge in [-0.2, -0.15) is 5.10 Å². The van der Waals surface area contributed by atoms with Gasteiger partial charge in [0, 0.05) is 18.7 Å². The lowest BCUT2D eigenvalue weighted by molar-refractivity contribution is -0.121. The number of hydrazone groups is 1. The van der Waals surface area contributed by atoms with E-state index in [2.05, 4.69) is 15.8 Å². The molecule has 0 saturated carbocycles. The Morgan fingerprint density at radius 3 is 2.39 bits per heavy atom. The number of hydrogen-bond acceptors (Lipinski definition) is 4. The van der Waals surface area contributed by atoms with Crippen LogP contribution in [-0.4, -0.2) is 18.7 Å². The zero-order valence-electron chi connectivity index (χ0n) is 15.5. The maximum Gasteiger partial charge on any atom is 0.240 e. The Kier molecular flexibility index (Phi) is 7.21. The van der Waals surface area contributed by atoms with E-state index in [1.54, 1.807) is 6.21 Å². The molecule has 0 aliphatic carbocycles. The summed E-state index contributed by atoms with van der Waals surface area (Å²) in [5, 5.41) is 7.30. The second-order valence-corrected chi connectivity index (χ2v) is 6.18. The van der Waals surface area contributed by atoms with Gasteiger partial charge in [0.1, 0.15) is 11.5 Å². The summed E-state index contributed by atoms with van der Waals surface area (Å²) in [5.74, 6) is 1.38. The average Bonchev–Trinajstić information content (AvgIpc) is 2.73. The van der Waals surface area contributed by atoms with E-state index in [-0.39, 0.29) is 5.91 Å². The highest BCUT2D eigenvalue weighted by molar-refractivity contribution is 5.82. The number of ether oxygens (including phenoxy) is 1. The van der Waals surface area contributed by atoms with E-state index in [0.717, 1.165) is 30.0 Å². The Bertz CT molecular complexity index is 896. The van der Waals surface area contributed by atoms with E-state index >= 15 is 0 Å². The third kappa shape index (κ3) is 6.61. The van der Waals surface area contributed by atoms with E-state index in [1.165, 1.54) is 0 Å². The summed E-state index contributed by atoms with van der Waals surface area (Å²) in [6, 6.07) is 27.0. The van der Waals surface area contributed by atoms with Gasteiger partial charge in [0.2, 0.25) is 5.91 Å². The van der Waals surface area contributed by atoms with Crippen molar-refractivity contribution in [2.24, 2.45) is 5.10 Å². The van der Waals surface area contributed by atoms with Crippen molar-refractivity contribution in [1.29, 1.82) is 0 Å². The summed E-state index contributed by atoms with van der Waals surface area (Å²) < 4.78 is 5.79. The minimum atomic E-state index is -0.109. The van der Waals surface area contributed by atoms with Crippen molar-refractivity contribution in [2.45, 2.75) is 12.8 Å². The minimum absolute atomic E-state index is 0.109. The fourth-order valence-electron chi connectivity index (χ4n) is 2.56. The first-order chi connectivity index (χ1) is 13.8. The lowest BCUT2D eigenvalue weighted by atomic mass is 10.2. The molecular formula is C23H23N3O2. The molecule has 0 spiro atoms. The van der Waals surface area contributed by atoms with Crippen molar-refractivity contribution < 1.29 is 9.53 Å². The lowest BCUT2D eigenvalue weighted by Gasteiger charge is -2.06. The summed E-state index contributed by atoms with van der Waals surface area (Å²) in [6.45, 7) is 0.736. The third-order valence-electron chi connectivity index (χ3n) is 3.92. The van der Waals surface area contributed by atoms with E-state index in [4.69, 9.17) is 4.74 Å². The molecule has 0 fully saturated rings. The number of nitrogens with one attached hydrogen (secondary N) is 2. The van der Waals surface area contributed by atoms with Gasteiger partial charge in [0.05, 0.1) is 6.21 Å². The quantitative estimate of drug-likeness (QED) is 0.321. The maximum absolute atomic E-state index is 11.9. The monoisotopic (exact) mass is 373 g/mol. The van der Waals surface area contributed by atoms with Gasteiger partial charge in [0.15, 0.2) is 0 Å². The SMILES string of the molecule is O=C(CCCNc1ccccc1)N/N=C/c1cccc(Oc2ccccc2)c1. The molecule has 0 aliphatic rings. The van der Waals surface area contributed by atoms with Crippen LogP contribution in [-0.2, 0) is 4.79 Å². The van der Waals surface area contributed by atoms with Gasteiger partial charge in [-0.3, -0.25) is 4.79 Å². The molecule has 5 nitrogen and oxygen atoms in total. The highest BCUT2D eigenvalue weighted by atomic mass is 16.5. The van der Waals surface area contributed by atoms with Gasteiger partial charge >= 0.3 is 0 Å². The standard InChI is InChI=1S/C23H23N3O2/c27-23(15-8-16-24-20-10-3-1-4-11-20)26-25-18-19-9-7-14-22(17-19)28-21-12-5-2-6-13-21/h1-7,9-14,17-18,24H,8,15-16H2,(H,26,27)/b25-18+. The van der Waals surface area contributed by atoms with Crippen LogP contribution in [0.5, 0.6) is 11.5 Å². The van der Waals surface area contributed by atoms with Crippen LogP contribution < -0.4 is 15.5 Å². The highest BCUT2D eigenvalue weighted by Gasteiger charge is 2.00. The van der Waals surface area contributed by atoms with Crippen LogP contribution in [0.2, 0.25) is 0 Å². The van der Waals surface area contributed by atoms with Gasteiger partial charge in [0.25, 0.3) is 0 Å². The Morgan fingerprint density at radius 2 is 1.61 bits per heavy atom. The fraction of sp³-hybridized carbons (Fsp3) is 0.130. The average molecular weight is 373 g/mol. The van der Waals surface area contributed by atoms with Crippen molar-refractivity contribution in [2.75, 3.05) is 11.9 Å². The molecule has 2 N–H and O–H groups in total. The number of anilines is 1. The van der Waals surface area contributed by atoms with Gasteiger partial charge in [-0.05, 0) is 48.4 Å². The molecule has 1 amide bonds. The summed E-state index contributed by atoms with van der Waals surface area (Å²) in [6.07, 6.45) is 2.75. The van der Waals surface area contributed by atoms with Crippen LogP contribution in [0.4, 0.5) is 5.69 Å². The molecule has 0 radical (unpaired) electrons. The Morgan fingerprint density at radius 1 is 0.893 bits per heavy atom. The molecule has 5 heteroatoms. The van der Waals surface area contributed by atoms with Crippen LogP contribution in [0.25, 0.3) is 0 Å². The first kappa shape index (κ1) is 19.2. The molecule has 0 atom stereocenters. The molecule has 142 valence electrons. The Balaban J connectivity index is 1.40. The molecule has 0 aliphatic heterocycles. The van der Waals surface area contributed by atoms with E-state index in [9.17, 15) is 4.79 Å². The number of carbonyl (C=O) groups excluding carboxylic acids is 1. The van der Waals surface area contributed by atoms with Crippen molar-refractivity contribution in [3.05, 3.63) is 90.5 Å². The van der Waals surface area contributed by atoms with Gasteiger partial charge in [-0.25, -0.2) is 5.43 Å². The first-order valence-corrected chi connectivity index (χ1v) is 9.23. The lowest BCUT2D eigenvalue weighted by Crippen LogP contribution is -2.18. The van der Waals surface area contributed by atoms with Crippen LogP contribution in [0.1, 0.15) is 18.4 Å². The summed E-state index contributed by atoms with van der Waals surface area (Å²) >= 11 is 0.